The third-order valence-corrected chi connectivity index (χ3v) is 5.87. The lowest BCUT2D eigenvalue weighted by molar-refractivity contribution is -0.177. The molecule has 4 rings (SSSR count). The molecule has 2 aromatic rings. The standard InChI is InChI=1S/C19H16F6N6O2/c20-18(21,22)10-5-11(27-7-9(10)6-26)31-3-1-8(2-4-31)14-12-13(19(23,24)25)15(32)17(33)28-16(12)30-29-14/h5,7-8,13,15,32H,1-4H2,(H2,28,29,30,33)/t13-,15-/m0/s1. The second-order valence-electron chi connectivity index (χ2n) is 7.81. The summed E-state index contributed by atoms with van der Waals surface area (Å²) in [6.07, 6.45) is -10.6. The molecule has 0 aromatic carbocycles. The van der Waals surface area contributed by atoms with Gasteiger partial charge in [-0.15, -0.1) is 0 Å². The van der Waals surface area contributed by atoms with Crippen molar-refractivity contribution in [1.29, 1.82) is 5.26 Å². The van der Waals surface area contributed by atoms with E-state index >= 15 is 0 Å². The Hall–Kier alpha value is -3.34. The number of pyridine rings is 1. The van der Waals surface area contributed by atoms with Crippen LogP contribution in [-0.4, -0.2) is 51.6 Å². The fourth-order valence-electron chi connectivity index (χ4n) is 4.27. The van der Waals surface area contributed by atoms with Crippen LogP contribution in [0, 0.1) is 11.3 Å². The number of piperidine rings is 1. The Labute approximate surface area is 182 Å². The summed E-state index contributed by atoms with van der Waals surface area (Å²) in [6.45, 7) is 0.362. The van der Waals surface area contributed by atoms with E-state index in [4.69, 9.17) is 5.26 Å². The topological polar surface area (TPSA) is 118 Å². The van der Waals surface area contributed by atoms with Crippen molar-refractivity contribution in [3.05, 3.63) is 34.6 Å². The van der Waals surface area contributed by atoms with Crippen LogP contribution in [0.1, 0.15) is 47.1 Å². The second-order valence-corrected chi connectivity index (χ2v) is 7.81. The quantitative estimate of drug-likeness (QED) is 0.576. The van der Waals surface area contributed by atoms with Crippen LogP contribution in [-0.2, 0) is 11.0 Å². The maximum Gasteiger partial charge on any atom is 0.417 e. The number of aromatic nitrogens is 3. The number of nitrogens with zero attached hydrogens (tertiary/aromatic N) is 4. The number of amides is 1. The predicted octanol–water partition coefficient (Wildman–Crippen LogP) is 3.04. The number of hydrogen-bond donors (Lipinski definition) is 3. The van der Waals surface area contributed by atoms with Gasteiger partial charge >= 0.3 is 12.4 Å². The Morgan fingerprint density at radius 1 is 1.18 bits per heavy atom. The van der Waals surface area contributed by atoms with Crippen molar-refractivity contribution < 1.29 is 36.2 Å². The molecule has 1 saturated heterocycles. The molecule has 2 aliphatic rings. The minimum atomic E-state index is -4.90. The van der Waals surface area contributed by atoms with Crippen LogP contribution in [0.25, 0.3) is 0 Å². The van der Waals surface area contributed by atoms with Gasteiger partial charge in [0.1, 0.15) is 23.9 Å². The molecule has 14 heteroatoms. The predicted molar refractivity (Wildman–Crippen MR) is 100 cm³/mol. The van der Waals surface area contributed by atoms with E-state index in [1.807, 2.05) is 0 Å². The first-order chi connectivity index (χ1) is 15.4. The van der Waals surface area contributed by atoms with E-state index in [-0.39, 0.29) is 48.8 Å². The average molecular weight is 474 g/mol. The van der Waals surface area contributed by atoms with Gasteiger partial charge in [0.15, 0.2) is 5.82 Å². The van der Waals surface area contributed by atoms with E-state index in [9.17, 15) is 36.2 Å². The number of carbonyl (C=O) groups excluding carboxylic acids is 1. The molecule has 0 radical (unpaired) electrons. The molecule has 2 aliphatic heterocycles. The number of fused-ring (bicyclic) bond motifs is 1. The maximum absolute atomic E-state index is 13.6. The lowest BCUT2D eigenvalue weighted by atomic mass is 9.83. The number of aliphatic hydroxyl groups excluding tert-OH is 1. The summed E-state index contributed by atoms with van der Waals surface area (Å²) >= 11 is 0. The smallest absolute Gasteiger partial charge is 0.382 e. The molecular weight excluding hydrogens is 458 g/mol. The third kappa shape index (κ3) is 4.08. The van der Waals surface area contributed by atoms with Crippen LogP contribution in [0.5, 0.6) is 0 Å². The number of hydrogen-bond acceptors (Lipinski definition) is 6. The third-order valence-electron chi connectivity index (χ3n) is 5.87. The van der Waals surface area contributed by atoms with Crippen molar-refractivity contribution in [2.24, 2.45) is 0 Å². The van der Waals surface area contributed by atoms with E-state index in [1.54, 1.807) is 4.90 Å². The van der Waals surface area contributed by atoms with Crippen molar-refractivity contribution in [1.82, 2.24) is 15.2 Å². The van der Waals surface area contributed by atoms with Gasteiger partial charge in [-0.25, -0.2) is 4.98 Å². The highest BCUT2D eigenvalue weighted by atomic mass is 19.4. The highest BCUT2D eigenvalue weighted by Gasteiger charge is 2.54. The number of H-pyrrole nitrogens is 1. The Morgan fingerprint density at radius 2 is 1.85 bits per heavy atom. The molecular formula is C19H16F6N6O2. The van der Waals surface area contributed by atoms with E-state index < -0.39 is 47.3 Å². The van der Waals surface area contributed by atoms with Gasteiger partial charge < -0.3 is 15.3 Å². The van der Waals surface area contributed by atoms with Gasteiger partial charge in [0.25, 0.3) is 5.91 Å². The summed E-state index contributed by atoms with van der Waals surface area (Å²) in [5.41, 5.74) is -1.93. The number of nitriles is 1. The number of rotatable bonds is 2. The fraction of sp³-hybridized carbons (Fsp3) is 0.474. The Bertz CT molecular complexity index is 1110. The molecule has 3 N–H and O–H groups in total. The van der Waals surface area contributed by atoms with Gasteiger partial charge in [-0.2, -0.15) is 36.7 Å². The Balaban J connectivity index is 1.57. The Kier molecular flexibility index (Phi) is 5.47. The molecule has 0 unspecified atom stereocenters. The second kappa shape index (κ2) is 7.91. The van der Waals surface area contributed by atoms with Gasteiger partial charge in [-0.05, 0) is 18.9 Å². The van der Waals surface area contributed by atoms with Crippen molar-refractivity contribution >= 4 is 17.5 Å². The van der Waals surface area contributed by atoms with Crippen LogP contribution in [0.15, 0.2) is 12.3 Å². The molecule has 2 atom stereocenters. The summed E-state index contributed by atoms with van der Waals surface area (Å²) in [7, 11) is 0. The number of aliphatic hydroxyl groups is 1. The molecule has 33 heavy (non-hydrogen) atoms. The summed E-state index contributed by atoms with van der Waals surface area (Å²) in [5.74, 6) is -4.41. The zero-order chi connectivity index (χ0) is 24.1. The number of alkyl halides is 6. The molecule has 2 aromatic heterocycles. The monoisotopic (exact) mass is 474 g/mol. The van der Waals surface area contributed by atoms with Gasteiger partial charge in [-0.3, -0.25) is 9.89 Å². The fourth-order valence-corrected chi connectivity index (χ4v) is 4.27. The Morgan fingerprint density at radius 3 is 2.42 bits per heavy atom. The minimum Gasteiger partial charge on any atom is -0.382 e. The molecule has 0 spiro atoms. The largest absolute Gasteiger partial charge is 0.417 e. The van der Waals surface area contributed by atoms with Crippen LogP contribution in [0.4, 0.5) is 38.0 Å². The van der Waals surface area contributed by atoms with E-state index in [0.29, 0.717) is 0 Å². The number of nitrogens with one attached hydrogen (secondary N) is 2. The molecule has 1 amide bonds. The molecule has 4 heterocycles. The zero-order valence-electron chi connectivity index (χ0n) is 16.6. The number of carbonyl (C=O) groups is 1. The lowest BCUT2D eigenvalue weighted by Crippen LogP contribution is -2.44. The summed E-state index contributed by atoms with van der Waals surface area (Å²) in [4.78, 5) is 17.2. The van der Waals surface area contributed by atoms with Gasteiger partial charge in [0, 0.05) is 36.5 Å². The van der Waals surface area contributed by atoms with Crippen molar-refractivity contribution in [3.8, 4) is 6.07 Å². The minimum absolute atomic E-state index is 0.00210. The van der Waals surface area contributed by atoms with Gasteiger partial charge in [0.05, 0.1) is 11.1 Å². The van der Waals surface area contributed by atoms with Crippen LogP contribution >= 0.6 is 0 Å². The lowest BCUT2D eigenvalue weighted by Gasteiger charge is -2.35. The van der Waals surface area contributed by atoms with E-state index in [0.717, 1.165) is 12.3 Å². The molecule has 176 valence electrons. The molecule has 0 aliphatic carbocycles. The van der Waals surface area contributed by atoms with Gasteiger partial charge in [-0.1, -0.05) is 0 Å². The molecule has 0 bridgehead atoms. The first-order valence-electron chi connectivity index (χ1n) is 9.78. The summed E-state index contributed by atoms with van der Waals surface area (Å²) in [6, 6.07) is 2.24. The first-order valence-corrected chi connectivity index (χ1v) is 9.78. The molecule has 8 nitrogen and oxygen atoms in total. The number of halogens is 6. The van der Waals surface area contributed by atoms with E-state index in [2.05, 4.69) is 20.5 Å². The highest BCUT2D eigenvalue weighted by molar-refractivity contribution is 5.97. The SMILES string of the molecule is N#Cc1cnc(N2CCC(c3[nH]nc4c3[C@H](C(F)(F)F)[C@H](O)C(=O)N4)CC2)cc1C(F)(F)F. The molecule has 1 fully saturated rings. The number of aromatic amines is 1. The van der Waals surface area contributed by atoms with Crippen LogP contribution in [0.3, 0.4) is 0 Å². The zero-order valence-corrected chi connectivity index (χ0v) is 16.6. The first kappa shape index (κ1) is 22.8. The van der Waals surface area contributed by atoms with Gasteiger partial charge in [0.2, 0.25) is 0 Å². The van der Waals surface area contributed by atoms with Crippen molar-refractivity contribution in [2.45, 2.75) is 43.1 Å². The van der Waals surface area contributed by atoms with Crippen LogP contribution in [0.2, 0.25) is 0 Å². The molecule has 0 saturated carbocycles. The summed E-state index contributed by atoms with van der Waals surface area (Å²) < 4.78 is 80.6. The number of anilines is 2. The van der Waals surface area contributed by atoms with E-state index in [1.165, 1.54) is 6.07 Å². The maximum atomic E-state index is 13.6. The van der Waals surface area contributed by atoms with Crippen molar-refractivity contribution in [2.75, 3.05) is 23.3 Å². The van der Waals surface area contributed by atoms with Crippen LogP contribution < -0.4 is 10.2 Å². The summed E-state index contributed by atoms with van der Waals surface area (Å²) in [5, 5.41) is 27.2. The van der Waals surface area contributed by atoms with Crippen molar-refractivity contribution in [3.63, 3.8) is 0 Å². The normalized spacial score (nSPS) is 22.0. The highest BCUT2D eigenvalue weighted by Crippen LogP contribution is 2.47. The average Bonchev–Trinajstić information content (AvgIpc) is 3.15.